The number of rotatable bonds is 4. The van der Waals surface area contributed by atoms with Gasteiger partial charge in [0.2, 0.25) is 21.8 Å². The zero-order valence-electron chi connectivity index (χ0n) is 18.9. The number of amides is 1. The highest BCUT2D eigenvalue weighted by Gasteiger charge is 2.45. The minimum absolute atomic E-state index is 0.133. The molecule has 10 heteroatoms. The zero-order chi connectivity index (χ0) is 23.0. The second-order valence-corrected chi connectivity index (χ2v) is 11.2. The Bertz CT molecular complexity index is 1060. The van der Waals surface area contributed by atoms with Gasteiger partial charge in [-0.2, -0.15) is 0 Å². The highest BCUT2D eigenvalue weighted by Crippen LogP contribution is 2.38. The minimum Gasteiger partial charge on any atom is -0.444 e. The summed E-state index contributed by atoms with van der Waals surface area (Å²) in [7, 11) is -0.648. The zero-order valence-corrected chi connectivity index (χ0v) is 19.7. The number of likely N-dealkylation sites (tertiary alicyclic amines) is 1. The van der Waals surface area contributed by atoms with Crippen molar-refractivity contribution >= 4 is 16.1 Å². The predicted molar refractivity (Wildman–Crippen MR) is 115 cm³/mol. The average Bonchev–Trinajstić information content (AvgIpc) is 3.18. The summed E-state index contributed by atoms with van der Waals surface area (Å²) in [6.45, 7) is 7.89. The lowest BCUT2D eigenvalue weighted by atomic mass is 9.88. The largest absolute Gasteiger partial charge is 0.444 e. The van der Waals surface area contributed by atoms with Gasteiger partial charge in [0.05, 0.1) is 4.90 Å². The Kier molecular flexibility index (Phi) is 6.16. The molecule has 1 aliphatic rings. The Morgan fingerprint density at radius 3 is 2.58 bits per heavy atom. The van der Waals surface area contributed by atoms with Crippen LogP contribution in [0.15, 0.2) is 33.6 Å². The van der Waals surface area contributed by atoms with E-state index in [-0.39, 0.29) is 10.8 Å². The molecule has 0 saturated carbocycles. The van der Waals surface area contributed by atoms with E-state index < -0.39 is 27.3 Å². The maximum Gasteiger partial charge on any atom is 0.411 e. The minimum atomic E-state index is -3.60. The Hall–Kier alpha value is -2.46. The molecule has 1 saturated heterocycles. The molecule has 1 atom stereocenters. The molecule has 1 amide bonds. The third kappa shape index (κ3) is 4.74. The van der Waals surface area contributed by atoms with Gasteiger partial charge in [-0.05, 0) is 65.2 Å². The molecule has 0 spiro atoms. The van der Waals surface area contributed by atoms with E-state index >= 15 is 0 Å². The molecule has 2 heterocycles. The summed E-state index contributed by atoms with van der Waals surface area (Å²) >= 11 is 0. The van der Waals surface area contributed by atoms with Crippen molar-refractivity contribution in [3.8, 4) is 11.5 Å². The van der Waals surface area contributed by atoms with Crippen LogP contribution in [0, 0.1) is 0 Å². The van der Waals surface area contributed by atoms with E-state index in [1.54, 1.807) is 17.0 Å². The molecule has 2 aromatic rings. The average molecular weight is 451 g/mol. The summed E-state index contributed by atoms with van der Waals surface area (Å²) in [4.78, 5) is 14.6. The van der Waals surface area contributed by atoms with E-state index in [1.807, 2.05) is 27.7 Å². The van der Waals surface area contributed by atoms with Crippen LogP contribution in [-0.4, -0.2) is 60.2 Å². The number of benzene rings is 1. The number of hydrogen-bond donors (Lipinski definition) is 0. The standard InChI is InChI=1S/C21H30N4O5S/c1-20(2,3)30-19(26)25-13-8-7-12-21(25,4)18-23-22-17(29-18)15-10-9-11-16(14-15)31(27,28)24(5)6/h9-11,14H,7-8,12-13H2,1-6H3/t21-/m1/s1. The molecular weight excluding hydrogens is 420 g/mol. The third-order valence-electron chi connectivity index (χ3n) is 5.25. The van der Waals surface area contributed by atoms with Gasteiger partial charge in [0.1, 0.15) is 11.1 Å². The number of carbonyl (C=O) groups excluding carboxylic acids is 1. The first-order valence-electron chi connectivity index (χ1n) is 10.2. The van der Waals surface area contributed by atoms with Crippen LogP contribution in [0.4, 0.5) is 4.79 Å². The molecular formula is C21H30N4O5S. The fourth-order valence-electron chi connectivity index (χ4n) is 3.51. The SMILES string of the molecule is CN(C)S(=O)(=O)c1cccc(-c2nnc([C@@]3(C)CCCCN3C(=O)OC(C)(C)C)o2)c1. The van der Waals surface area contributed by atoms with Gasteiger partial charge in [0, 0.05) is 26.2 Å². The Morgan fingerprint density at radius 1 is 1.23 bits per heavy atom. The monoisotopic (exact) mass is 450 g/mol. The molecule has 0 aliphatic carbocycles. The third-order valence-corrected chi connectivity index (χ3v) is 7.06. The van der Waals surface area contributed by atoms with E-state index in [4.69, 9.17) is 9.15 Å². The predicted octanol–water partition coefficient (Wildman–Crippen LogP) is 3.62. The van der Waals surface area contributed by atoms with E-state index in [0.29, 0.717) is 24.4 Å². The van der Waals surface area contributed by atoms with E-state index in [1.165, 1.54) is 26.2 Å². The summed E-state index contributed by atoms with van der Waals surface area (Å²) < 4.78 is 37.6. The number of hydrogen-bond acceptors (Lipinski definition) is 7. The topological polar surface area (TPSA) is 106 Å². The van der Waals surface area contributed by atoms with Crippen LogP contribution in [0.25, 0.3) is 11.5 Å². The second-order valence-electron chi connectivity index (χ2n) is 9.09. The first-order chi connectivity index (χ1) is 14.3. The van der Waals surface area contributed by atoms with Crippen molar-refractivity contribution in [1.82, 2.24) is 19.4 Å². The quantitative estimate of drug-likeness (QED) is 0.700. The molecule has 9 nitrogen and oxygen atoms in total. The van der Waals surface area contributed by atoms with Gasteiger partial charge >= 0.3 is 6.09 Å². The molecule has 1 fully saturated rings. The van der Waals surface area contributed by atoms with Crippen molar-refractivity contribution in [1.29, 1.82) is 0 Å². The van der Waals surface area contributed by atoms with Gasteiger partial charge < -0.3 is 9.15 Å². The molecule has 0 bridgehead atoms. The number of ether oxygens (including phenoxy) is 1. The van der Waals surface area contributed by atoms with Crippen LogP contribution in [0.3, 0.4) is 0 Å². The van der Waals surface area contributed by atoms with Gasteiger partial charge in [-0.25, -0.2) is 17.5 Å². The molecule has 1 aliphatic heterocycles. The van der Waals surface area contributed by atoms with Crippen molar-refractivity contribution in [3.05, 3.63) is 30.2 Å². The van der Waals surface area contributed by atoms with E-state index in [9.17, 15) is 13.2 Å². The summed E-state index contributed by atoms with van der Waals surface area (Å²) in [6.07, 6.45) is 2.00. The van der Waals surface area contributed by atoms with Crippen molar-refractivity contribution in [2.45, 2.75) is 63.0 Å². The van der Waals surface area contributed by atoms with Crippen molar-refractivity contribution < 1.29 is 22.4 Å². The Morgan fingerprint density at radius 2 is 1.94 bits per heavy atom. The lowest BCUT2D eigenvalue weighted by Gasteiger charge is -2.42. The molecule has 1 aromatic carbocycles. The smallest absolute Gasteiger partial charge is 0.411 e. The molecule has 170 valence electrons. The van der Waals surface area contributed by atoms with Gasteiger partial charge in [-0.15, -0.1) is 10.2 Å². The molecule has 0 unspecified atom stereocenters. The number of sulfonamides is 1. The van der Waals surface area contributed by atoms with Crippen LogP contribution >= 0.6 is 0 Å². The van der Waals surface area contributed by atoms with Crippen molar-refractivity contribution in [2.75, 3.05) is 20.6 Å². The molecule has 3 rings (SSSR count). The lowest BCUT2D eigenvalue weighted by Crippen LogP contribution is -2.52. The molecule has 0 N–H and O–H groups in total. The normalized spacial score (nSPS) is 20.2. The van der Waals surface area contributed by atoms with Crippen molar-refractivity contribution in [2.24, 2.45) is 0 Å². The van der Waals surface area contributed by atoms with Gasteiger partial charge in [-0.1, -0.05) is 6.07 Å². The first-order valence-corrected chi connectivity index (χ1v) is 11.7. The lowest BCUT2D eigenvalue weighted by molar-refractivity contribution is -0.0198. The highest BCUT2D eigenvalue weighted by molar-refractivity contribution is 7.89. The van der Waals surface area contributed by atoms with E-state index in [0.717, 1.165) is 17.1 Å². The summed E-state index contributed by atoms with van der Waals surface area (Å²) in [5, 5.41) is 8.36. The van der Waals surface area contributed by atoms with Crippen molar-refractivity contribution in [3.63, 3.8) is 0 Å². The first kappa shape index (κ1) is 23.2. The van der Waals surface area contributed by atoms with Crippen LogP contribution in [0.1, 0.15) is 52.8 Å². The summed E-state index contributed by atoms with van der Waals surface area (Å²) in [5.41, 5.74) is -0.933. The van der Waals surface area contributed by atoms with Crippen LogP contribution in [0.2, 0.25) is 0 Å². The van der Waals surface area contributed by atoms with Gasteiger partial charge in [0.25, 0.3) is 0 Å². The fraction of sp³-hybridized carbons (Fsp3) is 0.571. The number of aromatic nitrogens is 2. The van der Waals surface area contributed by atoms with Gasteiger partial charge in [-0.3, -0.25) is 4.90 Å². The molecule has 31 heavy (non-hydrogen) atoms. The fourth-order valence-corrected chi connectivity index (χ4v) is 4.46. The van der Waals surface area contributed by atoms with Crippen LogP contribution in [-0.2, 0) is 20.3 Å². The molecule has 1 aromatic heterocycles. The second kappa shape index (κ2) is 8.23. The van der Waals surface area contributed by atoms with E-state index in [2.05, 4.69) is 10.2 Å². The number of piperidine rings is 1. The maximum absolute atomic E-state index is 12.8. The Labute approximate surface area is 183 Å². The van der Waals surface area contributed by atoms with Gasteiger partial charge in [0.15, 0.2) is 0 Å². The molecule has 0 radical (unpaired) electrons. The summed E-state index contributed by atoms with van der Waals surface area (Å²) in [5.74, 6) is 0.496. The summed E-state index contributed by atoms with van der Waals surface area (Å²) in [6, 6.07) is 6.36. The highest BCUT2D eigenvalue weighted by atomic mass is 32.2. The number of nitrogens with zero attached hydrogens (tertiary/aromatic N) is 4. The van der Waals surface area contributed by atoms with Crippen LogP contribution in [0.5, 0.6) is 0 Å². The Balaban J connectivity index is 1.94. The maximum atomic E-state index is 12.8. The number of carbonyl (C=O) groups is 1. The van der Waals surface area contributed by atoms with Crippen LogP contribution < -0.4 is 0 Å².